The van der Waals surface area contributed by atoms with Gasteiger partial charge in [0.05, 0.1) is 0 Å². The standard InChI is InChI=1S/C16H12BrN3O/c17-12-6-7-15(18-11-12)16(21)19-13-4-3-5-14(10-13)20-8-1-2-9-20/h1-11H,(H,19,21). The fourth-order valence-corrected chi connectivity index (χ4v) is 2.19. The van der Waals surface area contributed by atoms with Crippen molar-refractivity contribution in [1.29, 1.82) is 0 Å². The first-order valence-electron chi connectivity index (χ1n) is 6.39. The highest BCUT2D eigenvalue weighted by atomic mass is 79.9. The largest absolute Gasteiger partial charge is 0.324 e. The van der Waals surface area contributed by atoms with Crippen LogP contribution in [0.25, 0.3) is 5.69 Å². The summed E-state index contributed by atoms with van der Waals surface area (Å²) in [6.45, 7) is 0. The molecule has 0 spiro atoms. The Balaban J connectivity index is 1.80. The monoisotopic (exact) mass is 341 g/mol. The summed E-state index contributed by atoms with van der Waals surface area (Å²) >= 11 is 3.30. The van der Waals surface area contributed by atoms with Gasteiger partial charge in [0.1, 0.15) is 5.69 Å². The number of carbonyl (C=O) groups excluding carboxylic acids is 1. The highest BCUT2D eigenvalue weighted by Crippen LogP contribution is 2.16. The van der Waals surface area contributed by atoms with Gasteiger partial charge < -0.3 is 9.88 Å². The van der Waals surface area contributed by atoms with E-state index in [0.29, 0.717) is 5.69 Å². The van der Waals surface area contributed by atoms with Gasteiger partial charge in [0.25, 0.3) is 5.91 Å². The third-order valence-electron chi connectivity index (χ3n) is 2.97. The van der Waals surface area contributed by atoms with E-state index in [2.05, 4.69) is 26.2 Å². The van der Waals surface area contributed by atoms with Gasteiger partial charge in [-0.05, 0) is 58.4 Å². The number of rotatable bonds is 3. The number of anilines is 1. The molecule has 5 heteroatoms. The van der Waals surface area contributed by atoms with Crippen molar-refractivity contribution in [2.45, 2.75) is 0 Å². The van der Waals surface area contributed by atoms with Crippen LogP contribution >= 0.6 is 15.9 Å². The lowest BCUT2D eigenvalue weighted by Gasteiger charge is -2.08. The molecule has 3 aromatic rings. The molecular weight excluding hydrogens is 330 g/mol. The number of nitrogens with one attached hydrogen (secondary N) is 1. The molecule has 0 bridgehead atoms. The molecule has 0 aliphatic heterocycles. The van der Waals surface area contributed by atoms with Crippen molar-refractivity contribution < 1.29 is 4.79 Å². The normalized spacial score (nSPS) is 10.3. The Morgan fingerprint density at radius 2 is 1.90 bits per heavy atom. The van der Waals surface area contributed by atoms with E-state index in [1.54, 1.807) is 18.3 Å². The number of pyridine rings is 1. The summed E-state index contributed by atoms with van der Waals surface area (Å²) in [5.41, 5.74) is 2.10. The van der Waals surface area contributed by atoms with Gasteiger partial charge in [-0.2, -0.15) is 0 Å². The van der Waals surface area contributed by atoms with Crippen LogP contribution in [0, 0.1) is 0 Å². The Hall–Kier alpha value is -2.40. The molecule has 2 heterocycles. The minimum atomic E-state index is -0.229. The molecular formula is C16H12BrN3O. The number of carbonyl (C=O) groups is 1. The number of aromatic nitrogens is 2. The molecule has 1 aromatic carbocycles. The second-order valence-electron chi connectivity index (χ2n) is 4.46. The maximum Gasteiger partial charge on any atom is 0.274 e. The smallest absolute Gasteiger partial charge is 0.274 e. The van der Waals surface area contributed by atoms with E-state index in [4.69, 9.17) is 0 Å². The molecule has 21 heavy (non-hydrogen) atoms. The maximum absolute atomic E-state index is 12.1. The van der Waals surface area contributed by atoms with Gasteiger partial charge in [-0.1, -0.05) is 6.07 Å². The van der Waals surface area contributed by atoms with Crippen LogP contribution in [-0.2, 0) is 0 Å². The Morgan fingerprint density at radius 1 is 1.10 bits per heavy atom. The van der Waals surface area contributed by atoms with Crippen molar-refractivity contribution in [3.05, 3.63) is 77.3 Å². The number of amides is 1. The molecule has 0 radical (unpaired) electrons. The first kappa shape index (κ1) is 13.6. The summed E-state index contributed by atoms with van der Waals surface area (Å²) < 4.78 is 2.82. The van der Waals surface area contributed by atoms with Crippen LogP contribution in [-0.4, -0.2) is 15.5 Å². The van der Waals surface area contributed by atoms with Crippen LogP contribution in [0.5, 0.6) is 0 Å². The van der Waals surface area contributed by atoms with Crippen molar-refractivity contribution in [2.75, 3.05) is 5.32 Å². The zero-order valence-corrected chi connectivity index (χ0v) is 12.6. The van der Waals surface area contributed by atoms with E-state index < -0.39 is 0 Å². The quantitative estimate of drug-likeness (QED) is 0.785. The van der Waals surface area contributed by atoms with Gasteiger partial charge in [-0.25, -0.2) is 4.98 Å². The fourth-order valence-electron chi connectivity index (χ4n) is 1.96. The zero-order chi connectivity index (χ0) is 14.7. The van der Waals surface area contributed by atoms with Crippen molar-refractivity contribution in [3.8, 4) is 5.69 Å². The van der Waals surface area contributed by atoms with E-state index in [1.807, 2.05) is 53.4 Å². The topological polar surface area (TPSA) is 46.9 Å². The second kappa shape index (κ2) is 5.93. The Morgan fingerprint density at radius 3 is 2.62 bits per heavy atom. The van der Waals surface area contributed by atoms with Gasteiger partial charge in [-0.15, -0.1) is 0 Å². The molecule has 0 aliphatic rings. The van der Waals surface area contributed by atoms with E-state index in [9.17, 15) is 4.79 Å². The minimum absolute atomic E-state index is 0.229. The van der Waals surface area contributed by atoms with Crippen LogP contribution in [0.4, 0.5) is 5.69 Å². The Kier molecular flexibility index (Phi) is 3.83. The van der Waals surface area contributed by atoms with Crippen LogP contribution in [0.3, 0.4) is 0 Å². The number of hydrogen-bond acceptors (Lipinski definition) is 2. The highest BCUT2D eigenvalue weighted by molar-refractivity contribution is 9.10. The third kappa shape index (κ3) is 3.20. The van der Waals surface area contributed by atoms with Gasteiger partial charge in [-0.3, -0.25) is 4.79 Å². The van der Waals surface area contributed by atoms with Crippen LogP contribution in [0.2, 0.25) is 0 Å². The van der Waals surface area contributed by atoms with Crippen LogP contribution < -0.4 is 5.32 Å². The lowest BCUT2D eigenvalue weighted by molar-refractivity contribution is 0.102. The number of halogens is 1. The molecule has 0 fully saturated rings. The molecule has 0 saturated carbocycles. The lowest BCUT2D eigenvalue weighted by atomic mass is 10.2. The lowest BCUT2D eigenvalue weighted by Crippen LogP contribution is -2.13. The first-order chi connectivity index (χ1) is 10.2. The first-order valence-corrected chi connectivity index (χ1v) is 7.18. The SMILES string of the molecule is O=C(Nc1cccc(-n2cccc2)c1)c1ccc(Br)cn1. The summed E-state index contributed by atoms with van der Waals surface area (Å²) in [4.78, 5) is 16.2. The Labute approximate surface area is 130 Å². The number of nitrogens with zero attached hydrogens (tertiary/aromatic N) is 2. The molecule has 4 nitrogen and oxygen atoms in total. The Bertz CT molecular complexity index is 751. The molecule has 1 N–H and O–H groups in total. The second-order valence-corrected chi connectivity index (χ2v) is 5.37. The summed E-state index contributed by atoms with van der Waals surface area (Å²) in [6, 6.07) is 15.0. The molecule has 104 valence electrons. The predicted molar refractivity (Wildman–Crippen MR) is 85.7 cm³/mol. The van der Waals surface area contributed by atoms with Crippen molar-refractivity contribution >= 4 is 27.5 Å². The third-order valence-corrected chi connectivity index (χ3v) is 3.44. The van der Waals surface area contributed by atoms with Crippen LogP contribution in [0.1, 0.15) is 10.5 Å². The zero-order valence-electron chi connectivity index (χ0n) is 11.0. The average Bonchev–Trinajstić information content (AvgIpc) is 3.02. The van der Waals surface area contributed by atoms with Crippen LogP contribution in [0.15, 0.2) is 71.6 Å². The summed E-state index contributed by atoms with van der Waals surface area (Å²) in [5.74, 6) is -0.229. The summed E-state index contributed by atoms with van der Waals surface area (Å²) in [6.07, 6.45) is 5.51. The average molecular weight is 342 g/mol. The maximum atomic E-state index is 12.1. The van der Waals surface area contributed by atoms with Crippen molar-refractivity contribution in [3.63, 3.8) is 0 Å². The summed E-state index contributed by atoms with van der Waals surface area (Å²) in [5, 5.41) is 2.85. The molecule has 0 unspecified atom stereocenters. The van der Waals surface area contributed by atoms with Gasteiger partial charge >= 0.3 is 0 Å². The molecule has 0 aliphatic carbocycles. The highest BCUT2D eigenvalue weighted by Gasteiger charge is 2.07. The van der Waals surface area contributed by atoms with E-state index >= 15 is 0 Å². The van der Waals surface area contributed by atoms with Gasteiger partial charge in [0.15, 0.2) is 0 Å². The predicted octanol–water partition coefficient (Wildman–Crippen LogP) is 3.89. The minimum Gasteiger partial charge on any atom is -0.324 e. The molecule has 1 amide bonds. The number of hydrogen-bond donors (Lipinski definition) is 1. The number of benzene rings is 1. The van der Waals surface area contributed by atoms with E-state index in [0.717, 1.165) is 15.8 Å². The van der Waals surface area contributed by atoms with E-state index in [-0.39, 0.29) is 5.91 Å². The molecule has 0 saturated heterocycles. The van der Waals surface area contributed by atoms with Crippen molar-refractivity contribution in [1.82, 2.24) is 9.55 Å². The fraction of sp³-hybridized carbons (Fsp3) is 0. The van der Waals surface area contributed by atoms with Gasteiger partial charge in [0.2, 0.25) is 0 Å². The molecule has 3 rings (SSSR count). The van der Waals surface area contributed by atoms with Gasteiger partial charge in [0, 0.05) is 34.4 Å². The summed E-state index contributed by atoms with van der Waals surface area (Å²) in [7, 11) is 0. The van der Waals surface area contributed by atoms with Crippen molar-refractivity contribution in [2.24, 2.45) is 0 Å². The molecule has 2 aromatic heterocycles. The van der Waals surface area contributed by atoms with E-state index in [1.165, 1.54) is 0 Å². The molecule has 0 atom stereocenters.